The van der Waals surface area contributed by atoms with E-state index >= 15 is 0 Å². The smallest absolute Gasteiger partial charge is 0.254 e. The summed E-state index contributed by atoms with van der Waals surface area (Å²) in [4.78, 5) is 17.4. The van der Waals surface area contributed by atoms with Gasteiger partial charge in [-0.3, -0.25) is 9.78 Å². The number of primary sulfonamides is 1. The Balaban J connectivity index is 1.48. The first-order valence-electron chi connectivity index (χ1n) is 9.80. The maximum absolute atomic E-state index is 13.3. The zero-order valence-corrected chi connectivity index (χ0v) is 17.5. The van der Waals surface area contributed by atoms with Gasteiger partial charge in [0.25, 0.3) is 5.91 Å². The molecule has 1 fully saturated rings. The summed E-state index contributed by atoms with van der Waals surface area (Å²) in [6.07, 6.45) is 5.96. The largest absolute Gasteiger partial charge is 0.342 e. The molecule has 0 radical (unpaired) electrons. The van der Waals surface area contributed by atoms with E-state index in [4.69, 9.17) is 5.14 Å². The van der Waals surface area contributed by atoms with Crippen molar-refractivity contribution in [2.45, 2.75) is 23.3 Å². The number of amides is 1. The number of fused-ring (bicyclic) bond motifs is 1. The molecule has 1 aliphatic rings. The average Bonchev–Trinajstić information content (AvgIpc) is 3.43. The highest BCUT2D eigenvalue weighted by Crippen LogP contribution is 2.46. The summed E-state index contributed by atoms with van der Waals surface area (Å²) < 4.78 is 38.3. The van der Waals surface area contributed by atoms with E-state index in [0.29, 0.717) is 40.6 Å². The summed E-state index contributed by atoms with van der Waals surface area (Å²) in [7, 11) is -3.85. The van der Waals surface area contributed by atoms with E-state index in [1.165, 1.54) is 30.5 Å². The second kappa shape index (κ2) is 7.21. The Morgan fingerprint density at radius 3 is 2.53 bits per heavy atom. The van der Waals surface area contributed by atoms with Gasteiger partial charge in [0.2, 0.25) is 10.0 Å². The third kappa shape index (κ3) is 3.53. The molecule has 0 bridgehead atoms. The Bertz CT molecular complexity index is 1460. The molecular weight excluding hydrogens is 433 g/mol. The highest BCUT2D eigenvalue weighted by atomic mass is 32.2. The first kappa shape index (κ1) is 20.3. The van der Waals surface area contributed by atoms with E-state index in [9.17, 15) is 17.6 Å². The summed E-state index contributed by atoms with van der Waals surface area (Å²) >= 11 is 0. The predicted octanol–water partition coefficient (Wildman–Crippen LogP) is 2.63. The zero-order chi connectivity index (χ0) is 22.5. The van der Waals surface area contributed by atoms with Gasteiger partial charge >= 0.3 is 0 Å². The van der Waals surface area contributed by atoms with E-state index in [-0.39, 0.29) is 16.6 Å². The number of carbonyl (C=O) groups is 1. The fourth-order valence-corrected chi connectivity index (χ4v) is 4.34. The molecule has 2 heterocycles. The summed E-state index contributed by atoms with van der Waals surface area (Å²) in [5, 5.41) is 13.2. The number of benzene rings is 2. The van der Waals surface area contributed by atoms with Gasteiger partial charge in [-0.15, -0.1) is 0 Å². The standard InChI is InChI=1S/C22H18FN5O3S/c23-15-4-6-16(7-5-15)28-20-13-25-11-19(18(20)12-26-28)21(29)27-22(8-9-22)14-2-1-3-17(10-14)32(24,30)31/h1-7,10-13H,8-9H2,(H,27,29)(H2,24,30,31). The highest BCUT2D eigenvalue weighted by molar-refractivity contribution is 7.89. The molecule has 0 unspecified atom stereocenters. The molecule has 8 nitrogen and oxygen atoms in total. The Labute approximate surface area is 182 Å². The number of hydrogen-bond donors (Lipinski definition) is 2. The minimum absolute atomic E-state index is 0.000124. The van der Waals surface area contributed by atoms with Crippen LogP contribution in [0.15, 0.2) is 72.0 Å². The van der Waals surface area contributed by atoms with Crippen molar-refractivity contribution in [2.75, 3.05) is 0 Å². The lowest BCUT2D eigenvalue weighted by Crippen LogP contribution is -2.35. The van der Waals surface area contributed by atoms with Crippen molar-refractivity contribution < 1.29 is 17.6 Å². The predicted molar refractivity (Wildman–Crippen MR) is 115 cm³/mol. The molecule has 162 valence electrons. The molecule has 0 aliphatic heterocycles. The Morgan fingerprint density at radius 1 is 1.09 bits per heavy atom. The van der Waals surface area contributed by atoms with Gasteiger partial charge in [-0.1, -0.05) is 12.1 Å². The van der Waals surface area contributed by atoms with Crippen LogP contribution in [-0.4, -0.2) is 29.1 Å². The van der Waals surface area contributed by atoms with Crippen LogP contribution in [0, 0.1) is 5.82 Å². The summed E-state index contributed by atoms with van der Waals surface area (Å²) in [5.41, 5.74) is 1.60. The SMILES string of the molecule is NS(=O)(=O)c1cccc(C2(NC(=O)c3cncc4c3cnn4-c3ccc(F)cc3)CC2)c1. The average molecular weight is 451 g/mol. The Hall–Kier alpha value is -3.63. The number of nitrogens with two attached hydrogens (primary N) is 1. The van der Waals surface area contributed by atoms with Crippen LogP contribution in [-0.2, 0) is 15.6 Å². The van der Waals surface area contributed by atoms with E-state index in [1.807, 2.05) is 0 Å². The maximum atomic E-state index is 13.3. The fraction of sp³-hybridized carbons (Fsp3) is 0.136. The van der Waals surface area contributed by atoms with Crippen LogP contribution in [0.4, 0.5) is 4.39 Å². The van der Waals surface area contributed by atoms with Gasteiger partial charge in [0.1, 0.15) is 5.82 Å². The number of pyridine rings is 1. The van der Waals surface area contributed by atoms with Crippen LogP contribution in [0.25, 0.3) is 16.6 Å². The quantitative estimate of drug-likeness (QED) is 0.483. The van der Waals surface area contributed by atoms with Gasteiger partial charge in [-0.2, -0.15) is 5.10 Å². The van der Waals surface area contributed by atoms with E-state index < -0.39 is 15.6 Å². The van der Waals surface area contributed by atoms with Crippen molar-refractivity contribution in [3.63, 3.8) is 0 Å². The molecule has 2 aromatic carbocycles. The molecule has 1 aliphatic carbocycles. The van der Waals surface area contributed by atoms with Crippen LogP contribution in [0.3, 0.4) is 0 Å². The molecule has 10 heteroatoms. The lowest BCUT2D eigenvalue weighted by molar-refractivity contribution is 0.0932. The molecule has 1 amide bonds. The lowest BCUT2D eigenvalue weighted by Gasteiger charge is -2.19. The molecule has 2 aromatic heterocycles. The summed E-state index contributed by atoms with van der Waals surface area (Å²) in [5.74, 6) is -0.704. The number of sulfonamides is 1. The van der Waals surface area contributed by atoms with Crippen molar-refractivity contribution in [1.29, 1.82) is 0 Å². The van der Waals surface area contributed by atoms with E-state index in [0.717, 1.165) is 0 Å². The van der Waals surface area contributed by atoms with Crippen molar-refractivity contribution in [3.05, 3.63) is 84.1 Å². The van der Waals surface area contributed by atoms with E-state index in [2.05, 4.69) is 15.4 Å². The normalized spacial score (nSPS) is 14.9. The molecule has 0 saturated heterocycles. The van der Waals surface area contributed by atoms with Gasteiger partial charge in [-0.25, -0.2) is 22.6 Å². The number of nitrogens with one attached hydrogen (secondary N) is 1. The maximum Gasteiger partial charge on any atom is 0.254 e. The Morgan fingerprint density at radius 2 is 1.84 bits per heavy atom. The topological polar surface area (TPSA) is 120 Å². The van der Waals surface area contributed by atoms with Gasteiger partial charge < -0.3 is 5.32 Å². The molecule has 32 heavy (non-hydrogen) atoms. The van der Waals surface area contributed by atoms with Crippen LogP contribution >= 0.6 is 0 Å². The van der Waals surface area contributed by atoms with Crippen molar-refractivity contribution in [3.8, 4) is 5.69 Å². The number of aromatic nitrogens is 3. The molecule has 3 N–H and O–H groups in total. The fourth-order valence-electron chi connectivity index (χ4n) is 3.78. The molecular formula is C22H18FN5O3S. The van der Waals surface area contributed by atoms with E-state index in [1.54, 1.807) is 41.3 Å². The van der Waals surface area contributed by atoms with Crippen LogP contribution in [0.1, 0.15) is 28.8 Å². The Kier molecular flexibility index (Phi) is 4.57. The third-order valence-electron chi connectivity index (χ3n) is 5.63. The van der Waals surface area contributed by atoms with Crippen LogP contribution < -0.4 is 10.5 Å². The molecule has 5 rings (SSSR count). The molecule has 0 atom stereocenters. The lowest BCUT2D eigenvalue weighted by atomic mass is 10.0. The van der Waals surface area contributed by atoms with Crippen LogP contribution in [0.2, 0.25) is 0 Å². The number of nitrogens with zero attached hydrogens (tertiary/aromatic N) is 3. The zero-order valence-electron chi connectivity index (χ0n) is 16.7. The van der Waals surface area contributed by atoms with Gasteiger partial charge in [0.15, 0.2) is 0 Å². The van der Waals surface area contributed by atoms with Crippen molar-refractivity contribution in [2.24, 2.45) is 5.14 Å². The molecule has 1 saturated carbocycles. The third-order valence-corrected chi connectivity index (χ3v) is 6.54. The highest BCUT2D eigenvalue weighted by Gasteiger charge is 2.46. The number of hydrogen-bond acceptors (Lipinski definition) is 5. The van der Waals surface area contributed by atoms with Crippen molar-refractivity contribution in [1.82, 2.24) is 20.1 Å². The second-order valence-electron chi connectivity index (χ2n) is 7.76. The first-order valence-corrected chi connectivity index (χ1v) is 11.4. The van der Waals surface area contributed by atoms with Gasteiger partial charge in [0.05, 0.1) is 39.6 Å². The van der Waals surface area contributed by atoms with Crippen LogP contribution in [0.5, 0.6) is 0 Å². The first-order chi connectivity index (χ1) is 15.3. The number of rotatable bonds is 5. The summed E-state index contributed by atoms with van der Waals surface area (Å²) in [6, 6.07) is 12.1. The molecule has 0 spiro atoms. The number of carbonyl (C=O) groups excluding carboxylic acids is 1. The van der Waals surface area contributed by atoms with Crippen molar-refractivity contribution >= 4 is 26.8 Å². The second-order valence-corrected chi connectivity index (χ2v) is 9.32. The minimum Gasteiger partial charge on any atom is -0.342 e. The van der Waals surface area contributed by atoms with Gasteiger partial charge in [0, 0.05) is 11.6 Å². The number of halogens is 1. The van der Waals surface area contributed by atoms with Gasteiger partial charge in [-0.05, 0) is 54.8 Å². The minimum atomic E-state index is -3.85. The molecule has 4 aromatic rings. The monoisotopic (exact) mass is 451 g/mol. The summed E-state index contributed by atoms with van der Waals surface area (Å²) in [6.45, 7) is 0.